The lowest BCUT2D eigenvalue weighted by Gasteiger charge is -2.29. The highest BCUT2D eigenvalue weighted by Gasteiger charge is 2.37. The fourth-order valence-corrected chi connectivity index (χ4v) is 4.07. The van der Waals surface area contributed by atoms with E-state index in [2.05, 4.69) is 20.3 Å². The van der Waals surface area contributed by atoms with E-state index in [9.17, 15) is 22.4 Å². The van der Waals surface area contributed by atoms with Crippen LogP contribution in [0.15, 0.2) is 42.9 Å². The van der Waals surface area contributed by atoms with E-state index in [4.69, 9.17) is 9.47 Å². The maximum Gasteiger partial charge on any atom is 0.316 e. The summed E-state index contributed by atoms with van der Waals surface area (Å²) >= 11 is 0. The second kappa shape index (κ2) is 11.0. The van der Waals surface area contributed by atoms with Crippen molar-refractivity contribution < 1.29 is 31.8 Å². The Bertz CT molecular complexity index is 1210. The fourth-order valence-electron chi connectivity index (χ4n) is 4.07. The molecule has 0 aliphatic heterocycles. The smallest absolute Gasteiger partial charge is 0.316 e. The number of anilines is 1. The van der Waals surface area contributed by atoms with Gasteiger partial charge in [-0.25, -0.2) is 27.5 Å². The van der Waals surface area contributed by atoms with Crippen LogP contribution in [0.25, 0.3) is 11.1 Å². The summed E-state index contributed by atoms with van der Waals surface area (Å²) in [5.74, 6) is -5.18. The lowest BCUT2D eigenvalue weighted by atomic mass is 9.83. The van der Waals surface area contributed by atoms with E-state index in [1.54, 1.807) is 0 Å². The van der Waals surface area contributed by atoms with E-state index in [0.717, 1.165) is 18.2 Å². The van der Waals surface area contributed by atoms with Gasteiger partial charge in [0.15, 0.2) is 0 Å². The predicted octanol–water partition coefficient (Wildman–Crippen LogP) is 5.39. The van der Waals surface area contributed by atoms with Gasteiger partial charge in [-0.3, -0.25) is 9.78 Å². The largest absolute Gasteiger partial charge is 0.461 e. The van der Waals surface area contributed by atoms with E-state index in [1.807, 2.05) is 0 Å². The van der Waals surface area contributed by atoms with Crippen LogP contribution >= 0.6 is 0 Å². The molecule has 1 saturated carbocycles. The number of aromatic nitrogens is 3. The van der Waals surface area contributed by atoms with Crippen molar-refractivity contribution in [3.05, 3.63) is 65.7 Å². The van der Waals surface area contributed by atoms with Gasteiger partial charge in [0.1, 0.15) is 18.2 Å². The van der Waals surface area contributed by atoms with Crippen molar-refractivity contribution in [1.82, 2.24) is 15.0 Å². The van der Waals surface area contributed by atoms with Gasteiger partial charge in [-0.15, -0.1) is 0 Å². The van der Waals surface area contributed by atoms with E-state index >= 15 is 0 Å². The molecule has 2 heterocycles. The third-order valence-electron chi connectivity index (χ3n) is 5.95. The van der Waals surface area contributed by atoms with Crippen LogP contribution in [0.5, 0.6) is 6.01 Å². The van der Waals surface area contributed by atoms with Gasteiger partial charge in [-0.2, -0.15) is 0 Å². The molecule has 1 aliphatic rings. The summed E-state index contributed by atoms with van der Waals surface area (Å²) in [4.78, 5) is 25.4. The minimum Gasteiger partial charge on any atom is -0.461 e. The number of rotatable bonds is 8. The summed E-state index contributed by atoms with van der Waals surface area (Å²) in [5.41, 5.74) is 0.629. The number of ether oxygens (including phenoxy) is 2. The zero-order valence-electron chi connectivity index (χ0n) is 19.4. The molecule has 0 unspecified atom stereocenters. The van der Waals surface area contributed by atoms with Crippen molar-refractivity contribution in [2.75, 3.05) is 25.6 Å². The third-order valence-corrected chi connectivity index (χ3v) is 5.95. The number of benzene rings is 1. The van der Waals surface area contributed by atoms with E-state index in [-0.39, 0.29) is 60.7 Å². The van der Waals surface area contributed by atoms with Gasteiger partial charge in [-0.05, 0) is 37.1 Å². The van der Waals surface area contributed by atoms with Crippen LogP contribution in [0.3, 0.4) is 0 Å². The molecule has 1 aromatic carbocycles. The predicted molar refractivity (Wildman–Crippen MR) is 123 cm³/mol. The number of amides is 1. The van der Waals surface area contributed by atoms with Gasteiger partial charge in [0.25, 0.3) is 5.91 Å². The first-order valence-corrected chi connectivity index (χ1v) is 11.3. The maximum atomic E-state index is 14.7. The summed E-state index contributed by atoms with van der Waals surface area (Å²) in [6.07, 6.45) is 3.51. The molecular formula is C25H24F4N4O3. The van der Waals surface area contributed by atoms with Crippen molar-refractivity contribution >= 4 is 11.6 Å². The van der Waals surface area contributed by atoms with Gasteiger partial charge in [0.05, 0.1) is 23.6 Å². The highest BCUT2D eigenvalue weighted by molar-refractivity contribution is 6.06. The molecule has 4 rings (SSSR count). The molecule has 1 amide bonds. The monoisotopic (exact) mass is 504 g/mol. The van der Waals surface area contributed by atoms with Crippen molar-refractivity contribution in [3.63, 3.8) is 0 Å². The molecule has 0 atom stereocenters. The lowest BCUT2D eigenvalue weighted by molar-refractivity contribution is -0.0384. The molecule has 0 bridgehead atoms. The number of hydrogen-bond donors (Lipinski definition) is 1. The summed E-state index contributed by atoms with van der Waals surface area (Å²) < 4.78 is 66.4. The highest BCUT2D eigenvalue weighted by atomic mass is 19.3. The molecule has 1 N–H and O–H groups in total. The Kier molecular flexibility index (Phi) is 7.78. The molecule has 1 fully saturated rings. The first-order chi connectivity index (χ1) is 17.3. The first kappa shape index (κ1) is 25.5. The Hall–Kier alpha value is -3.60. The fraction of sp³-hybridized carbons (Fsp3) is 0.360. The van der Waals surface area contributed by atoms with E-state index < -0.39 is 29.4 Å². The Morgan fingerprint density at radius 2 is 1.78 bits per heavy atom. The normalized spacial score (nSPS) is 15.5. The Morgan fingerprint density at radius 1 is 1.06 bits per heavy atom. The van der Waals surface area contributed by atoms with Crippen molar-refractivity contribution in [1.29, 1.82) is 0 Å². The standard InChI is InChI=1S/C25H24F4N4O3/c1-35-10-11-36-24-31-13-16(14-32-24)23(34)33-22-18(19-12-17(26)2-3-20(19)27)6-9-30-21(22)15-4-7-25(28,29)8-5-15/h2-3,6,9,12-15H,4-5,7-8,10-11H2,1H3,(H,33,34). The molecule has 0 radical (unpaired) electrons. The quantitative estimate of drug-likeness (QED) is 0.327. The number of halogens is 4. The maximum absolute atomic E-state index is 14.7. The van der Waals surface area contributed by atoms with Crippen molar-refractivity contribution in [3.8, 4) is 17.1 Å². The van der Waals surface area contributed by atoms with E-state index in [1.165, 1.54) is 31.8 Å². The molecule has 7 nitrogen and oxygen atoms in total. The lowest BCUT2D eigenvalue weighted by Crippen LogP contribution is -2.25. The summed E-state index contributed by atoms with van der Waals surface area (Å²) in [6.45, 7) is 0.561. The van der Waals surface area contributed by atoms with Gasteiger partial charge in [-0.1, -0.05) is 0 Å². The number of hydrogen-bond acceptors (Lipinski definition) is 6. The Labute approximate surface area is 204 Å². The summed E-state index contributed by atoms with van der Waals surface area (Å²) in [7, 11) is 1.52. The highest BCUT2D eigenvalue weighted by Crippen LogP contribution is 2.44. The molecule has 190 valence electrons. The van der Waals surface area contributed by atoms with E-state index in [0.29, 0.717) is 12.3 Å². The minimum atomic E-state index is -2.77. The van der Waals surface area contributed by atoms with Gasteiger partial charge in [0.2, 0.25) is 5.92 Å². The molecule has 3 aromatic rings. The minimum absolute atomic E-state index is 0.0521. The van der Waals surface area contributed by atoms with Crippen molar-refractivity contribution in [2.45, 2.75) is 37.5 Å². The number of carbonyl (C=O) groups excluding carboxylic acids is 1. The molecule has 0 spiro atoms. The summed E-state index contributed by atoms with van der Waals surface area (Å²) in [6, 6.07) is 4.46. The average Bonchev–Trinajstić information content (AvgIpc) is 2.86. The molecule has 36 heavy (non-hydrogen) atoms. The SMILES string of the molecule is COCCOc1ncc(C(=O)Nc2c(-c3cc(F)ccc3F)ccnc2C2CCC(F)(F)CC2)cn1. The summed E-state index contributed by atoms with van der Waals surface area (Å²) in [5, 5.41) is 2.71. The first-order valence-electron chi connectivity index (χ1n) is 11.3. The van der Waals surface area contributed by atoms with Gasteiger partial charge >= 0.3 is 6.01 Å². The van der Waals surface area contributed by atoms with Crippen LogP contribution in [0.1, 0.15) is 47.7 Å². The number of pyridine rings is 1. The number of nitrogens with one attached hydrogen (secondary N) is 1. The van der Waals surface area contributed by atoms with Crippen LogP contribution in [0.2, 0.25) is 0 Å². The van der Waals surface area contributed by atoms with Crippen LogP contribution in [-0.4, -0.2) is 47.1 Å². The second-order valence-electron chi connectivity index (χ2n) is 8.42. The Balaban J connectivity index is 1.68. The van der Waals surface area contributed by atoms with Crippen LogP contribution in [0, 0.1) is 11.6 Å². The Morgan fingerprint density at radius 3 is 2.47 bits per heavy atom. The van der Waals surface area contributed by atoms with Gasteiger partial charge in [0, 0.05) is 55.6 Å². The number of alkyl halides is 2. The third kappa shape index (κ3) is 5.96. The van der Waals surface area contributed by atoms with Crippen molar-refractivity contribution in [2.24, 2.45) is 0 Å². The number of carbonyl (C=O) groups is 1. The van der Waals surface area contributed by atoms with Crippen LogP contribution in [0.4, 0.5) is 23.2 Å². The second-order valence-corrected chi connectivity index (χ2v) is 8.42. The van der Waals surface area contributed by atoms with Crippen LogP contribution < -0.4 is 10.1 Å². The van der Waals surface area contributed by atoms with Gasteiger partial charge < -0.3 is 14.8 Å². The molecule has 2 aromatic heterocycles. The zero-order chi connectivity index (χ0) is 25.7. The number of methoxy groups -OCH3 is 1. The molecule has 1 aliphatic carbocycles. The molecule has 11 heteroatoms. The zero-order valence-corrected chi connectivity index (χ0v) is 19.4. The molecular weight excluding hydrogens is 480 g/mol. The van der Waals surface area contributed by atoms with Crippen LogP contribution in [-0.2, 0) is 4.74 Å². The number of nitrogens with zero attached hydrogens (tertiary/aromatic N) is 3. The average molecular weight is 504 g/mol. The molecule has 0 saturated heterocycles. The topological polar surface area (TPSA) is 86.2 Å².